The van der Waals surface area contributed by atoms with E-state index in [4.69, 9.17) is 5.11 Å². The number of carbonyl (C=O) groups excluding carboxylic acids is 1. The van der Waals surface area contributed by atoms with Crippen LogP contribution < -0.4 is 10.6 Å². The Balaban J connectivity index is 2.49. The van der Waals surface area contributed by atoms with Crippen molar-refractivity contribution in [2.45, 2.75) is 0 Å². The Labute approximate surface area is 89.3 Å². The quantitative estimate of drug-likeness (QED) is 0.632. The molecule has 5 heteroatoms. The summed E-state index contributed by atoms with van der Waals surface area (Å²) in [5.74, 6) is -0.256. The van der Waals surface area contributed by atoms with E-state index in [9.17, 15) is 9.59 Å². The number of aliphatic imine (C=N–C) groups is 1. The van der Waals surface area contributed by atoms with Crippen LogP contribution in [0.5, 0.6) is 0 Å². The van der Waals surface area contributed by atoms with E-state index in [1.54, 1.807) is 18.3 Å². The summed E-state index contributed by atoms with van der Waals surface area (Å²) < 4.78 is 1.03. The summed E-state index contributed by atoms with van der Waals surface area (Å²) in [6, 6.07) is 1.67. The third kappa shape index (κ3) is 0.967. The normalized spacial score (nSPS) is 16.6. The lowest BCUT2D eigenvalue weighted by atomic mass is 10.0. The van der Waals surface area contributed by atoms with Crippen LogP contribution in [0, 0.1) is 0 Å². The molecule has 1 aromatic rings. The van der Waals surface area contributed by atoms with Gasteiger partial charge < -0.3 is 5.11 Å². The molecule has 0 radical (unpaired) electrons. The van der Waals surface area contributed by atoms with Gasteiger partial charge in [0.05, 0.1) is 5.35 Å². The molecule has 16 heavy (non-hydrogen) atoms. The van der Waals surface area contributed by atoms with Crippen molar-refractivity contribution in [1.82, 2.24) is 4.57 Å². The van der Waals surface area contributed by atoms with Crippen molar-refractivity contribution in [3.8, 4) is 0 Å². The lowest BCUT2D eigenvalue weighted by Gasteiger charge is -2.03. The Morgan fingerprint density at radius 1 is 1.44 bits per heavy atom. The lowest BCUT2D eigenvalue weighted by Crippen LogP contribution is -2.40. The highest BCUT2D eigenvalue weighted by molar-refractivity contribution is 6.64. The van der Waals surface area contributed by atoms with Gasteiger partial charge in [0, 0.05) is 29.3 Å². The van der Waals surface area contributed by atoms with Crippen molar-refractivity contribution < 1.29 is 14.7 Å². The zero-order chi connectivity index (χ0) is 11.3. The summed E-state index contributed by atoms with van der Waals surface area (Å²) in [5.41, 5.74) is 1.08. The molecule has 1 aromatic heterocycles. The van der Waals surface area contributed by atoms with Gasteiger partial charge in [-0.2, -0.15) is 0 Å². The SMILES string of the molecule is O=C1C=c2c(ccn2C(=O)O)=C2C=CN=C12. The minimum Gasteiger partial charge on any atom is -0.464 e. The van der Waals surface area contributed by atoms with Gasteiger partial charge in [-0.05, 0) is 12.1 Å². The number of allylic oxidation sites excluding steroid dienone is 1. The first-order valence-electron chi connectivity index (χ1n) is 4.64. The van der Waals surface area contributed by atoms with E-state index in [0.717, 1.165) is 9.79 Å². The van der Waals surface area contributed by atoms with Crippen LogP contribution in [0.15, 0.2) is 29.5 Å². The zero-order valence-electron chi connectivity index (χ0n) is 8.04. The molecule has 1 aliphatic heterocycles. The second kappa shape index (κ2) is 2.79. The van der Waals surface area contributed by atoms with Crippen LogP contribution in [0.2, 0.25) is 0 Å². The predicted octanol–water partition coefficient (Wildman–Crippen LogP) is -0.504. The van der Waals surface area contributed by atoms with Crippen molar-refractivity contribution in [3.05, 3.63) is 35.1 Å². The number of carbonyl (C=O) groups is 2. The van der Waals surface area contributed by atoms with Crippen LogP contribution in [-0.2, 0) is 4.79 Å². The largest absolute Gasteiger partial charge is 0.464 e. The molecule has 78 valence electrons. The molecule has 0 amide bonds. The van der Waals surface area contributed by atoms with Crippen LogP contribution >= 0.6 is 0 Å². The molecule has 1 aliphatic carbocycles. The molecule has 3 rings (SSSR count). The minimum absolute atomic E-state index is 0.256. The molecule has 0 bridgehead atoms. The van der Waals surface area contributed by atoms with Gasteiger partial charge in [0.1, 0.15) is 5.71 Å². The van der Waals surface area contributed by atoms with Crippen LogP contribution in [-0.4, -0.2) is 27.3 Å². The summed E-state index contributed by atoms with van der Waals surface area (Å²) in [5, 5.41) is 10.1. The summed E-state index contributed by atoms with van der Waals surface area (Å²) in [6.07, 6.45) is 4.89. The summed E-state index contributed by atoms with van der Waals surface area (Å²) in [4.78, 5) is 26.5. The van der Waals surface area contributed by atoms with Crippen molar-refractivity contribution >= 4 is 29.2 Å². The molecule has 0 saturated carbocycles. The fraction of sp³-hybridized carbons (Fsp3) is 0. The third-order valence-corrected chi connectivity index (χ3v) is 2.62. The Morgan fingerprint density at radius 3 is 3.00 bits per heavy atom. The highest BCUT2D eigenvalue weighted by Gasteiger charge is 2.22. The minimum atomic E-state index is -1.10. The number of hydrogen-bond donors (Lipinski definition) is 1. The van der Waals surface area contributed by atoms with Crippen molar-refractivity contribution in [2.75, 3.05) is 0 Å². The number of rotatable bonds is 0. The monoisotopic (exact) mass is 214 g/mol. The highest BCUT2D eigenvalue weighted by Crippen LogP contribution is 2.11. The molecule has 5 nitrogen and oxygen atoms in total. The van der Waals surface area contributed by atoms with Gasteiger partial charge in [0.2, 0.25) is 5.78 Å². The average Bonchev–Trinajstić information content (AvgIpc) is 2.80. The van der Waals surface area contributed by atoms with Crippen LogP contribution in [0.1, 0.15) is 0 Å². The second-order valence-corrected chi connectivity index (χ2v) is 3.48. The number of aromatic nitrogens is 1. The van der Waals surface area contributed by atoms with Crippen molar-refractivity contribution in [3.63, 3.8) is 0 Å². The zero-order valence-corrected chi connectivity index (χ0v) is 8.04. The van der Waals surface area contributed by atoms with E-state index < -0.39 is 6.09 Å². The molecule has 0 saturated heterocycles. The van der Waals surface area contributed by atoms with Crippen LogP contribution in [0.4, 0.5) is 4.79 Å². The fourth-order valence-electron chi connectivity index (χ4n) is 1.93. The van der Waals surface area contributed by atoms with Crippen LogP contribution in [0.3, 0.4) is 0 Å². The Hall–Kier alpha value is -2.43. The molecule has 0 unspecified atom stereocenters. The fourth-order valence-corrected chi connectivity index (χ4v) is 1.93. The number of nitrogens with zero attached hydrogens (tertiary/aromatic N) is 2. The molecular formula is C11H6N2O3. The van der Waals surface area contributed by atoms with Crippen molar-refractivity contribution in [1.29, 1.82) is 0 Å². The van der Waals surface area contributed by atoms with Crippen molar-refractivity contribution in [2.24, 2.45) is 4.99 Å². The molecule has 0 aromatic carbocycles. The topological polar surface area (TPSA) is 71.7 Å². The molecule has 2 heterocycles. The van der Waals surface area contributed by atoms with E-state index >= 15 is 0 Å². The summed E-state index contributed by atoms with van der Waals surface area (Å²) in [7, 11) is 0. The predicted molar refractivity (Wildman–Crippen MR) is 56.6 cm³/mol. The smallest absolute Gasteiger partial charge is 0.416 e. The van der Waals surface area contributed by atoms with Gasteiger partial charge in [0.25, 0.3) is 0 Å². The van der Waals surface area contributed by atoms with E-state index in [2.05, 4.69) is 4.99 Å². The molecule has 2 aliphatic rings. The molecule has 0 atom stereocenters. The first-order valence-corrected chi connectivity index (χ1v) is 4.64. The molecule has 0 spiro atoms. The number of fused-ring (bicyclic) bond motifs is 2. The van der Waals surface area contributed by atoms with E-state index in [-0.39, 0.29) is 5.78 Å². The number of ketones is 1. The maximum Gasteiger partial charge on any atom is 0.416 e. The second-order valence-electron chi connectivity index (χ2n) is 3.48. The Bertz CT molecular complexity index is 704. The van der Waals surface area contributed by atoms with Gasteiger partial charge in [-0.3, -0.25) is 14.4 Å². The first-order chi connectivity index (χ1) is 7.68. The lowest BCUT2D eigenvalue weighted by molar-refractivity contribution is -0.107. The molecule has 0 fully saturated rings. The molecular weight excluding hydrogens is 208 g/mol. The number of Topliss-reactive ketones (excluding diaryl/α,β-unsaturated/α-hetero) is 1. The first kappa shape index (κ1) is 8.84. The van der Waals surface area contributed by atoms with Crippen LogP contribution in [0.25, 0.3) is 11.6 Å². The average molecular weight is 214 g/mol. The maximum atomic E-state index is 11.7. The van der Waals surface area contributed by atoms with Gasteiger partial charge in [-0.25, -0.2) is 4.79 Å². The maximum absolute atomic E-state index is 11.7. The van der Waals surface area contributed by atoms with Gasteiger partial charge >= 0.3 is 6.09 Å². The third-order valence-electron chi connectivity index (χ3n) is 2.62. The van der Waals surface area contributed by atoms with Gasteiger partial charge in [0.15, 0.2) is 0 Å². The van der Waals surface area contributed by atoms with Gasteiger partial charge in [-0.1, -0.05) is 0 Å². The Morgan fingerprint density at radius 2 is 2.25 bits per heavy atom. The van der Waals surface area contributed by atoms with E-state index in [0.29, 0.717) is 16.6 Å². The molecule has 1 N–H and O–H groups in total. The van der Waals surface area contributed by atoms with Gasteiger partial charge in [-0.15, -0.1) is 0 Å². The Kier molecular flexibility index (Phi) is 1.54. The standard InChI is InChI=1S/C11H6N2O3/c14-9-5-8-6(2-4-13(8)11(15)16)7-1-3-12-10(7)9/h1-5H,(H,15,16). The van der Waals surface area contributed by atoms with E-state index in [1.807, 2.05) is 0 Å². The number of hydrogen-bond acceptors (Lipinski definition) is 3. The number of carboxylic acid groups (broad SMARTS) is 1. The summed E-state index contributed by atoms with van der Waals surface area (Å²) in [6.45, 7) is 0. The summed E-state index contributed by atoms with van der Waals surface area (Å²) >= 11 is 0. The van der Waals surface area contributed by atoms with E-state index in [1.165, 1.54) is 12.3 Å². The highest BCUT2D eigenvalue weighted by atomic mass is 16.4.